The van der Waals surface area contributed by atoms with Gasteiger partial charge in [0.05, 0.1) is 50.5 Å². The molecule has 0 unspecified atom stereocenters. The number of carbonyl (C=O) groups excluding carboxylic acids is 2. The van der Waals surface area contributed by atoms with Crippen molar-refractivity contribution >= 4 is 17.6 Å². The van der Waals surface area contributed by atoms with Crippen molar-refractivity contribution in [2.45, 2.75) is 56.6 Å². The number of β-amino-alcohol motifs (C(OH)–C–C–N with tert-alkyl or cyclic N) is 1. The zero-order chi connectivity index (χ0) is 23.9. The monoisotopic (exact) mass is 467 g/mol. The van der Waals surface area contributed by atoms with E-state index in [1.54, 1.807) is 4.90 Å². The second-order valence-corrected chi connectivity index (χ2v) is 8.99. The van der Waals surface area contributed by atoms with E-state index in [0.29, 0.717) is 18.5 Å². The van der Waals surface area contributed by atoms with Gasteiger partial charge in [-0.1, -0.05) is 48.5 Å². The van der Waals surface area contributed by atoms with E-state index in [1.807, 2.05) is 67.6 Å². The number of fused-ring (bicyclic) bond motifs is 1. The molecule has 5 atom stereocenters. The number of nitrogens with one attached hydrogen (secondary N) is 2. The molecule has 0 aromatic heterocycles. The summed E-state index contributed by atoms with van der Waals surface area (Å²) in [5, 5.41) is 16.2. The minimum Gasteiger partial charge on any atom is -0.389 e. The lowest BCUT2D eigenvalue weighted by atomic mass is 9.94. The van der Waals surface area contributed by atoms with Crippen LogP contribution in [0, 0.1) is 0 Å². The molecule has 3 amide bonds. The molecule has 2 aromatic rings. The number of aliphatic hydroxyl groups excluding tert-OH is 1. The molecule has 4 rings (SSSR count). The largest absolute Gasteiger partial charge is 0.389 e. The van der Waals surface area contributed by atoms with Gasteiger partial charge in [0.1, 0.15) is 6.10 Å². The summed E-state index contributed by atoms with van der Waals surface area (Å²) in [5.41, 5.74) is 1.74. The Morgan fingerprint density at radius 3 is 2.50 bits per heavy atom. The normalized spacial score (nSPS) is 25.9. The Morgan fingerprint density at radius 2 is 1.76 bits per heavy atom. The number of hydrogen-bond donors (Lipinski definition) is 3. The van der Waals surface area contributed by atoms with Gasteiger partial charge in [-0.25, -0.2) is 4.79 Å². The van der Waals surface area contributed by atoms with Gasteiger partial charge in [-0.05, 0) is 37.5 Å². The van der Waals surface area contributed by atoms with Gasteiger partial charge in [-0.15, -0.1) is 0 Å². The summed E-state index contributed by atoms with van der Waals surface area (Å²) >= 11 is 0. The SMILES string of the molecule is C[C@H](NC(=O)C[C@@H]1CC[C@H]2[C@@H](COC[C@@H](O)CN2C(=O)Nc2ccccc2)O1)c1ccccc1. The lowest BCUT2D eigenvalue weighted by Gasteiger charge is -2.44. The molecule has 0 saturated carbocycles. The maximum Gasteiger partial charge on any atom is 0.322 e. The Balaban J connectivity index is 1.37. The fraction of sp³-hybridized carbons (Fsp3) is 0.462. The molecule has 8 heteroatoms. The minimum atomic E-state index is -0.773. The van der Waals surface area contributed by atoms with Crippen LogP contribution in [0.4, 0.5) is 10.5 Å². The second-order valence-electron chi connectivity index (χ2n) is 8.99. The number of urea groups is 1. The Kier molecular flexibility index (Phi) is 8.16. The zero-order valence-corrected chi connectivity index (χ0v) is 19.4. The lowest BCUT2D eigenvalue weighted by Crippen LogP contribution is -2.58. The quantitative estimate of drug-likeness (QED) is 0.628. The Bertz CT molecular complexity index is 942. The van der Waals surface area contributed by atoms with Crippen molar-refractivity contribution in [3.05, 3.63) is 66.2 Å². The van der Waals surface area contributed by atoms with Crippen molar-refractivity contribution in [2.24, 2.45) is 0 Å². The predicted octanol–water partition coefficient (Wildman–Crippen LogP) is 3.10. The van der Waals surface area contributed by atoms with Gasteiger partial charge in [0.25, 0.3) is 0 Å². The summed E-state index contributed by atoms with van der Waals surface area (Å²) < 4.78 is 11.9. The molecule has 2 aromatic carbocycles. The fourth-order valence-electron chi connectivity index (χ4n) is 4.62. The smallest absolute Gasteiger partial charge is 0.322 e. The van der Waals surface area contributed by atoms with Crippen LogP contribution >= 0.6 is 0 Å². The number of amides is 3. The standard InChI is InChI=1S/C26H33N3O5/c1-18(19-8-4-2-5-9-19)27-25(31)14-22-12-13-23-24(34-22)17-33-16-21(30)15-29(23)26(32)28-20-10-6-3-7-11-20/h2-11,18,21-24,30H,12-17H2,1H3,(H,27,31)(H,28,32)/t18-,21-,22-,23-,24+/m0/s1. The summed E-state index contributed by atoms with van der Waals surface area (Å²) in [5.74, 6) is -0.0688. The minimum absolute atomic E-state index is 0.0688. The molecule has 0 bridgehead atoms. The third-order valence-corrected chi connectivity index (χ3v) is 6.36. The maximum atomic E-state index is 13.1. The third-order valence-electron chi connectivity index (χ3n) is 6.36. The average Bonchev–Trinajstić information content (AvgIpc) is 2.83. The first-order valence-electron chi connectivity index (χ1n) is 11.9. The molecule has 2 aliphatic heterocycles. The van der Waals surface area contributed by atoms with Gasteiger partial charge in [-0.3, -0.25) is 4.79 Å². The van der Waals surface area contributed by atoms with E-state index in [1.165, 1.54) is 0 Å². The number of ether oxygens (including phenoxy) is 2. The highest BCUT2D eigenvalue weighted by Gasteiger charge is 2.40. The number of benzene rings is 2. The molecule has 0 spiro atoms. The van der Waals surface area contributed by atoms with Gasteiger partial charge in [-0.2, -0.15) is 0 Å². The summed E-state index contributed by atoms with van der Waals surface area (Å²) in [7, 11) is 0. The first-order chi connectivity index (χ1) is 16.5. The van der Waals surface area contributed by atoms with Crippen LogP contribution in [0.3, 0.4) is 0 Å². The zero-order valence-electron chi connectivity index (χ0n) is 19.4. The van der Waals surface area contributed by atoms with Gasteiger partial charge in [0, 0.05) is 5.69 Å². The molecule has 8 nitrogen and oxygen atoms in total. The highest BCUT2D eigenvalue weighted by atomic mass is 16.5. The van der Waals surface area contributed by atoms with Crippen LogP contribution in [0.25, 0.3) is 0 Å². The van der Waals surface area contributed by atoms with Crippen molar-refractivity contribution < 1.29 is 24.2 Å². The molecule has 2 fully saturated rings. The Morgan fingerprint density at radius 1 is 1.06 bits per heavy atom. The molecule has 0 radical (unpaired) electrons. The Labute approximate surface area is 200 Å². The van der Waals surface area contributed by atoms with Crippen LogP contribution in [0.2, 0.25) is 0 Å². The topological polar surface area (TPSA) is 100 Å². The second kappa shape index (κ2) is 11.5. The van der Waals surface area contributed by atoms with Gasteiger partial charge in [0.2, 0.25) is 5.91 Å². The van der Waals surface area contributed by atoms with Gasteiger partial charge >= 0.3 is 6.03 Å². The number of hydrogen-bond acceptors (Lipinski definition) is 5. The van der Waals surface area contributed by atoms with Crippen LogP contribution in [0.5, 0.6) is 0 Å². The molecule has 34 heavy (non-hydrogen) atoms. The van der Waals surface area contributed by atoms with Crippen molar-refractivity contribution in [2.75, 3.05) is 25.1 Å². The average molecular weight is 468 g/mol. The predicted molar refractivity (Wildman–Crippen MR) is 128 cm³/mol. The highest BCUT2D eigenvalue weighted by molar-refractivity contribution is 5.89. The van der Waals surface area contributed by atoms with Gasteiger partial charge < -0.3 is 30.1 Å². The Hall–Kier alpha value is -2.94. The van der Waals surface area contributed by atoms with Crippen molar-refractivity contribution in [1.82, 2.24) is 10.2 Å². The highest BCUT2D eigenvalue weighted by Crippen LogP contribution is 2.28. The number of carbonyl (C=O) groups is 2. The van der Waals surface area contributed by atoms with E-state index in [2.05, 4.69) is 10.6 Å². The molecular weight excluding hydrogens is 434 g/mol. The summed E-state index contributed by atoms with van der Waals surface area (Å²) in [6.07, 6.45) is 0.155. The molecule has 2 heterocycles. The number of nitrogens with zero attached hydrogens (tertiary/aromatic N) is 1. The van der Waals surface area contributed by atoms with E-state index < -0.39 is 6.10 Å². The molecule has 182 valence electrons. The summed E-state index contributed by atoms with van der Waals surface area (Å²) in [4.78, 5) is 27.4. The van der Waals surface area contributed by atoms with Gasteiger partial charge in [0.15, 0.2) is 0 Å². The van der Waals surface area contributed by atoms with Crippen molar-refractivity contribution in [3.8, 4) is 0 Å². The summed E-state index contributed by atoms with van der Waals surface area (Å²) in [6, 6.07) is 18.4. The van der Waals surface area contributed by atoms with E-state index >= 15 is 0 Å². The molecule has 0 aliphatic carbocycles. The number of aliphatic hydroxyl groups is 1. The number of para-hydroxylation sites is 1. The van der Waals surface area contributed by atoms with Crippen molar-refractivity contribution in [3.63, 3.8) is 0 Å². The molecular formula is C26H33N3O5. The molecule has 2 saturated heterocycles. The fourth-order valence-corrected chi connectivity index (χ4v) is 4.62. The van der Waals surface area contributed by atoms with Crippen LogP contribution in [-0.4, -0.2) is 66.1 Å². The lowest BCUT2D eigenvalue weighted by molar-refractivity contribution is -0.150. The number of rotatable bonds is 5. The van der Waals surface area contributed by atoms with E-state index in [-0.39, 0.29) is 62.4 Å². The first-order valence-corrected chi connectivity index (χ1v) is 11.9. The molecule has 2 aliphatic rings. The van der Waals surface area contributed by atoms with Crippen LogP contribution < -0.4 is 10.6 Å². The third kappa shape index (κ3) is 6.34. The van der Waals surface area contributed by atoms with E-state index in [0.717, 1.165) is 5.56 Å². The number of anilines is 1. The van der Waals surface area contributed by atoms with E-state index in [4.69, 9.17) is 9.47 Å². The van der Waals surface area contributed by atoms with E-state index in [9.17, 15) is 14.7 Å². The van der Waals surface area contributed by atoms with Crippen LogP contribution in [0.15, 0.2) is 60.7 Å². The first kappa shape index (κ1) is 24.2. The maximum absolute atomic E-state index is 13.1. The molecule has 3 N–H and O–H groups in total. The van der Waals surface area contributed by atoms with Crippen molar-refractivity contribution in [1.29, 1.82) is 0 Å². The van der Waals surface area contributed by atoms with Crippen LogP contribution in [-0.2, 0) is 14.3 Å². The van der Waals surface area contributed by atoms with Crippen LogP contribution in [0.1, 0.15) is 37.8 Å². The summed E-state index contributed by atoms with van der Waals surface area (Å²) in [6.45, 7) is 2.50.